The first-order valence-corrected chi connectivity index (χ1v) is 13.7. The Labute approximate surface area is 245 Å². The highest BCUT2D eigenvalue weighted by molar-refractivity contribution is 6.37. The number of aryl methyl sites for hydroxylation is 2. The fourth-order valence-corrected chi connectivity index (χ4v) is 6.00. The number of hydrogen-bond acceptors (Lipinski definition) is 3. The summed E-state index contributed by atoms with van der Waals surface area (Å²) in [6.07, 6.45) is 0. The Bertz CT molecular complexity index is 1740. The monoisotopic (exact) mass is 594 g/mol. The molecule has 6 aromatic rings. The van der Waals surface area contributed by atoms with E-state index in [0.29, 0.717) is 33.3 Å². The number of fused-ring (bicyclic) bond motifs is 2. The summed E-state index contributed by atoms with van der Waals surface area (Å²) in [7, 11) is 3.85. The Morgan fingerprint density at radius 3 is 1.44 bits per heavy atom. The second kappa shape index (κ2) is 10.5. The summed E-state index contributed by atoms with van der Waals surface area (Å²) in [5.74, 6) is 0. The second-order valence-electron chi connectivity index (χ2n) is 9.29. The Hall–Kier alpha value is -3.06. The molecule has 0 bridgehead atoms. The van der Waals surface area contributed by atoms with Gasteiger partial charge in [-0.15, -0.1) is 0 Å². The molecule has 0 aliphatic rings. The fourth-order valence-electron chi connectivity index (χ4n) is 4.97. The van der Waals surface area contributed by atoms with E-state index in [0.717, 1.165) is 55.4 Å². The lowest BCUT2D eigenvalue weighted by atomic mass is 10.0. The van der Waals surface area contributed by atoms with Crippen LogP contribution in [-0.2, 0) is 32.0 Å². The number of ether oxygens (including phenoxy) is 1. The van der Waals surface area contributed by atoms with Crippen molar-refractivity contribution in [2.24, 2.45) is 14.1 Å². The highest BCUT2D eigenvalue weighted by atomic mass is 35.5. The van der Waals surface area contributed by atoms with Crippen LogP contribution in [-0.4, -0.2) is 19.6 Å². The molecule has 0 aliphatic carbocycles. The lowest BCUT2D eigenvalue weighted by molar-refractivity contribution is 0.0987. The molecule has 39 heavy (non-hydrogen) atoms. The molecule has 0 spiro atoms. The van der Waals surface area contributed by atoms with Crippen LogP contribution in [0.3, 0.4) is 0 Å². The van der Waals surface area contributed by atoms with Gasteiger partial charge in [0.25, 0.3) is 0 Å². The van der Waals surface area contributed by atoms with Gasteiger partial charge in [-0.05, 0) is 24.3 Å². The van der Waals surface area contributed by atoms with E-state index in [1.807, 2.05) is 72.0 Å². The summed E-state index contributed by atoms with van der Waals surface area (Å²) in [6.45, 7) is 0.750. The molecule has 2 aromatic heterocycles. The van der Waals surface area contributed by atoms with E-state index in [1.165, 1.54) is 0 Å². The van der Waals surface area contributed by atoms with Gasteiger partial charge in [0, 0.05) is 67.2 Å². The maximum atomic E-state index is 6.51. The van der Waals surface area contributed by atoms with Crippen LogP contribution in [0.15, 0.2) is 72.8 Å². The van der Waals surface area contributed by atoms with E-state index in [9.17, 15) is 0 Å². The van der Waals surface area contributed by atoms with Crippen LogP contribution in [0.4, 0.5) is 0 Å². The molecule has 0 saturated heterocycles. The van der Waals surface area contributed by atoms with Crippen molar-refractivity contribution in [3.05, 3.63) is 104 Å². The summed E-state index contributed by atoms with van der Waals surface area (Å²) in [4.78, 5) is 0. The third kappa shape index (κ3) is 4.79. The van der Waals surface area contributed by atoms with Gasteiger partial charge in [0.2, 0.25) is 0 Å². The van der Waals surface area contributed by atoms with E-state index >= 15 is 0 Å². The minimum absolute atomic E-state index is 0.375. The van der Waals surface area contributed by atoms with Crippen molar-refractivity contribution in [1.82, 2.24) is 19.6 Å². The van der Waals surface area contributed by atoms with Crippen molar-refractivity contribution in [3.8, 4) is 22.3 Å². The number of hydrogen-bond donors (Lipinski definition) is 0. The first-order valence-electron chi connectivity index (χ1n) is 12.2. The first kappa shape index (κ1) is 26.2. The van der Waals surface area contributed by atoms with Gasteiger partial charge in [-0.1, -0.05) is 94.9 Å². The molecular weight excluding hydrogens is 574 g/mol. The van der Waals surface area contributed by atoms with Crippen molar-refractivity contribution in [2.75, 3.05) is 0 Å². The zero-order valence-electron chi connectivity index (χ0n) is 21.1. The highest BCUT2D eigenvalue weighted by Crippen LogP contribution is 2.37. The Balaban J connectivity index is 1.30. The molecule has 0 aliphatic heterocycles. The average molecular weight is 596 g/mol. The average Bonchev–Trinajstić information content (AvgIpc) is 3.40. The summed E-state index contributed by atoms with van der Waals surface area (Å²) in [6, 6.07) is 23.1. The molecular formula is C30H22Cl4N4O. The van der Waals surface area contributed by atoms with Gasteiger partial charge in [-0.25, -0.2) is 0 Å². The molecule has 196 valence electrons. The van der Waals surface area contributed by atoms with Gasteiger partial charge in [-0.3, -0.25) is 9.36 Å². The van der Waals surface area contributed by atoms with E-state index in [2.05, 4.69) is 12.1 Å². The van der Waals surface area contributed by atoms with Crippen LogP contribution in [0.25, 0.3) is 44.1 Å². The van der Waals surface area contributed by atoms with Crippen molar-refractivity contribution in [2.45, 2.75) is 13.2 Å². The normalized spacial score (nSPS) is 11.6. The van der Waals surface area contributed by atoms with Crippen LogP contribution in [0, 0.1) is 0 Å². The Morgan fingerprint density at radius 1 is 0.590 bits per heavy atom. The lowest BCUT2D eigenvalue weighted by Crippen LogP contribution is -2.04. The Morgan fingerprint density at radius 2 is 1.03 bits per heavy atom. The third-order valence-corrected chi connectivity index (χ3v) is 7.99. The zero-order chi connectivity index (χ0) is 27.3. The van der Waals surface area contributed by atoms with Gasteiger partial charge in [-0.2, -0.15) is 10.2 Å². The Kier molecular flexibility index (Phi) is 7.04. The summed E-state index contributed by atoms with van der Waals surface area (Å²) >= 11 is 25.3. The molecule has 9 heteroatoms. The predicted molar refractivity (Wildman–Crippen MR) is 161 cm³/mol. The molecule has 0 unspecified atom stereocenters. The maximum Gasteiger partial charge on any atom is 0.101 e. The van der Waals surface area contributed by atoms with E-state index in [-0.39, 0.29) is 0 Å². The van der Waals surface area contributed by atoms with Gasteiger partial charge < -0.3 is 4.74 Å². The largest absolute Gasteiger partial charge is 0.369 e. The SMILES string of the molecule is Cn1nc2c(-c3ccc(Cl)cc3Cl)cccc2c1COCc1c2cccc(-c3ccc(Cl)cc3Cl)c2nn1C. The molecule has 0 fully saturated rings. The fraction of sp³-hybridized carbons (Fsp3) is 0.133. The zero-order valence-corrected chi connectivity index (χ0v) is 24.1. The van der Waals surface area contributed by atoms with E-state index in [1.54, 1.807) is 12.1 Å². The van der Waals surface area contributed by atoms with Crippen LogP contribution in [0.2, 0.25) is 20.1 Å². The minimum Gasteiger partial charge on any atom is -0.369 e. The van der Waals surface area contributed by atoms with Crippen molar-refractivity contribution in [1.29, 1.82) is 0 Å². The third-order valence-electron chi connectivity index (χ3n) is 6.90. The van der Waals surface area contributed by atoms with E-state index < -0.39 is 0 Å². The first-order chi connectivity index (χ1) is 18.8. The van der Waals surface area contributed by atoms with Crippen LogP contribution in [0.1, 0.15) is 11.4 Å². The topological polar surface area (TPSA) is 44.9 Å². The van der Waals surface area contributed by atoms with Crippen LogP contribution < -0.4 is 0 Å². The quantitative estimate of drug-likeness (QED) is 0.193. The molecule has 6 rings (SSSR count). The maximum absolute atomic E-state index is 6.51. The summed E-state index contributed by atoms with van der Waals surface area (Å²) < 4.78 is 9.98. The molecule has 0 amide bonds. The van der Waals surface area contributed by atoms with Crippen LogP contribution >= 0.6 is 46.4 Å². The summed E-state index contributed by atoms with van der Waals surface area (Å²) in [5.41, 5.74) is 7.32. The molecule has 2 heterocycles. The summed E-state index contributed by atoms with van der Waals surface area (Å²) in [5, 5.41) is 14.0. The van der Waals surface area contributed by atoms with Gasteiger partial charge in [0.05, 0.1) is 24.6 Å². The standard InChI is InChI=1S/C30H22Cl4N4O/c1-37-27(23-7-3-5-21(29(23)35-37)19-11-9-17(31)13-25(19)33)15-39-16-28-24-8-4-6-22(30(24)36-38(28)2)20-12-10-18(32)14-26(20)34/h3-14H,15-16H2,1-2H3. The smallest absolute Gasteiger partial charge is 0.101 e. The molecule has 0 N–H and O–H groups in total. The molecule has 0 saturated carbocycles. The number of rotatable bonds is 6. The van der Waals surface area contributed by atoms with Crippen molar-refractivity contribution in [3.63, 3.8) is 0 Å². The van der Waals surface area contributed by atoms with Gasteiger partial charge in [0.1, 0.15) is 11.0 Å². The van der Waals surface area contributed by atoms with E-state index in [4.69, 9.17) is 61.3 Å². The molecule has 4 aromatic carbocycles. The molecule has 0 radical (unpaired) electrons. The highest BCUT2D eigenvalue weighted by Gasteiger charge is 2.18. The van der Waals surface area contributed by atoms with Gasteiger partial charge >= 0.3 is 0 Å². The number of nitrogens with zero attached hydrogens (tertiary/aromatic N) is 4. The van der Waals surface area contributed by atoms with Crippen molar-refractivity contribution < 1.29 is 4.74 Å². The second-order valence-corrected chi connectivity index (χ2v) is 11.0. The van der Waals surface area contributed by atoms with Crippen molar-refractivity contribution >= 4 is 68.2 Å². The number of benzene rings is 4. The lowest BCUT2D eigenvalue weighted by Gasteiger charge is -2.08. The number of aromatic nitrogens is 4. The predicted octanol–water partition coefficient (Wildman–Crippen LogP) is 9.12. The van der Waals surface area contributed by atoms with Crippen LogP contribution in [0.5, 0.6) is 0 Å². The van der Waals surface area contributed by atoms with Gasteiger partial charge in [0.15, 0.2) is 0 Å². The minimum atomic E-state index is 0.375. The molecule has 0 atom stereocenters. The number of halogens is 4. The molecule has 5 nitrogen and oxygen atoms in total.